The quantitative estimate of drug-likeness (QED) is 0.745. The summed E-state index contributed by atoms with van der Waals surface area (Å²) in [6.45, 7) is 3.73. The lowest BCUT2D eigenvalue weighted by Crippen LogP contribution is -2.33. The molecule has 0 spiro atoms. The Labute approximate surface area is 106 Å². The van der Waals surface area contributed by atoms with Crippen LogP contribution >= 0.6 is 0 Å². The van der Waals surface area contributed by atoms with Gasteiger partial charge >= 0.3 is 5.97 Å². The third-order valence-corrected chi connectivity index (χ3v) is 3.27. The van der Waals surface area contributed by atoms with Gasteiger partial charge in [0.15, 0.2) is 0 Å². The monoisotopic (exact) mass is 241 g/mol. The molecule has 1 aromatic rings. The number of benzene rings is 1. The molecule has 0 aliphatic carbocycles. The van der Waals surface area contributed by atoms with Gasteiger partial charge in [-0.15, -0.1) is 0 Å². The summed E-state index contributed by atoms with van der Waals surface area (Å²) < 4.78 is 5.09. The molecule has 0 saturated carbocycles. The van der Waals surface area contributed by atoms with Crippen LogP contribution in [0.2, 0.25) is 0 Å². The summed E-state index contributed by atoms with van der Waals surface area (Å²) in [5, 5.41) is 0. The Bertz CT molecular complexity index is 558. The van der Waals surface area contributed by atoms with E-state index in [1.807, 2.05) is 25.1 Å². The number of ether oxygens (including phenoxy) is 1. The predicted molar refractivity (Wildman–Crippen MR) is 72.3 cm³/mol. The SMILES string of the molecule is CCOC(=O)C1=Cc2cccc3c2N(CC=C3)C1. The van der Waals surface area contributed by atoms with E-state index in [0.717, 1.165) is 17.7 Å². The fourth-order valence-corrected chi connectivity index (χ4v) is 2.52. The number of anilines is 1. The van der Waals surface area contributed by atoms with E-state index >= 15 is 0 Å². The minimum atomic E-state index is -0.205. The zero-order valence-corrected chi connectivity index (χ0v) is 10.3. The van der Waals surface area contributed by atoms with Gasteiger partial charge in [0.25, 0.3) is 0 Å². The lowest BCUT2D eigenvalue weighted by molar-refractivity contribution is -0.138. The fourth-order valence-electron chi connectivity index (χ4n) is 2.52. The molecule has 0 amide bonds. The normalized spacial score (nSPS) is 16.1. The van der Waals surface area contributed by atoms with Gasteiger partial charge in [-0.05, 0) is 24.1 Å². The maximum atomic E-state index is 11.8. The highest BCUT2D eigenvalue weighted by Gasteiger charge is 2.25. The number of esters is 1. The van der Waals surface area contributed by atoms with Crippen molar-refractivity contribution in [3.8, 4) is 0 Å². The van der Waals surface area contributed by atoms with E-state index in [0.29, 0.717) is 13.2 Å². The third kappa shape index (κ3) is 1.72. The Kier molecular flexibility index (Phi) is 2.67. The van der Waals surface area contributed by atoms with Crippen LogP contribution < -0.4 is 4.90 Å². The zero-order valence-electron chi connectivity index (χ0n) is 10.3. The first-order chi connectivity index (χ1) is 8.79. The van der Waals surface area contributed by atoms with Crippen molar-refractivity contribution in [1.82, 2.24) is 0 Å². The predicted octanol–water partition coefficient (Wildman–Crippen LogP) is 2.48. The highest BCUT2D eigenvalue weighted by molar-refractivity contribution is 5.99. The van der Waals surface area contributed by atoms with Crippen molar-refractivity contribution in [2.45, 2.75) is 6.92 Å². The third-order valence-electron chi connectivity index (χ3n) is 3.27. The van der Waals surface area contributed by atoms with Crippen LogP contribution in [0, 0.1) is 0 Å². The van der Waals surface area contributed by atoms with E-state index < -0.39 is 0 Å². The number of nitrogens with zero attached hydrogens (tertiary/aromatic N) is 1. The van der Waals surface area contributed by atoms with Gasteiger partial charge < -0.3 is 9.64 Å². The van der Waals surface area contributed by atoms with Crippen LogP contribution in [-0.4, -0.2) is 25.7 Å². The Morgan fingerprint density at radius 2 is 2.22 bits per heavy atom. The molecule has 3 nitrogen and oxygen atoms in total. The molecule has 0 atom stereocenters. The number of hydrogen-bond acceptors (Lipinski definition) is 3. The van der Waals surface area contributed by atoms with Crippen molar-refractivity contribution in [1.29, 1.82) is 0 Å². The van der Waals surface area contributed by atoms with Gasteiger partial charge in [0, 0.05) is 6.54 Å². The Hall–Kier alpha value is -2.03. The fraction of sp³-hybridized carbons (Fsp3) is 0.267. The number of carbonyl (C=O) groups excluding carboxylic acids is 1. The second kappa shape index (κ2) is 4.33. The van der Waals surface area contributed by atoms with Gasteiger partial charge in [-0.25, -0.2) is 4.79 Å². The molecule has 0 fully saturated rings. The average molecular weight is 241 g/mol. The summed E-state index contributed by atoms with van der Waals surface area (Å²) in [4.78, 5) is 14.1. The molecular formula is C15H15NO2. The average Bonchev–Trinajstić information content (AvgIpc) is 2.39. The van der Waals surface area contributed by atoms with Gasteiger partial charge in [-0.2, -0.15) is 0 Å². The Morgan fingerprint density at radius 1 is 1.39 bits per heavy atom. The smallest absolute Gasteiger partial charge is 0.335 e. The maximum Gasteiger partial charge on any atom is 0.335 e. The van der Waals surface area contributed by atoms with Gasteiger partial charge in [0.05, 0.1) is 24.4 Å². The summed E-state index contributed by atoms with van der Waals surface area (Å²) in [6, 6.07) is 6.17. The van der Waals surface area contributed by atoms with E-state index in [-0.39, 0.29) is 5.97 Å². The largest absolute Gasteiger partial charge is 0.463 e. The molecule has 0 unspecified atom stereocenters. The lowest BCUT2D eigenvalue weighted by Gasteiger charge is -2.33. The maximum absolute atomic E-state index is 11.8. The van der Waals surface area contributed by atoms with Crippen molar-refractivity contribution in [3.63, 3.8) is 0 Å². The zero-order chi connectivity index (χ0) is 12.5. The van der Waals surface area contributed by atoms with Gasteiger partial charge in [-0.1, -0.05) is 30.4 Å². The van der Waals surface area contributed by atoms with Crippen molar-refractivity contribution in [2.24, 2.45) is 0 Å². The molecular weight excluding hydrogens is 226 g/mol. The molecule has 0 saturated heterocycles. The molecule has 3 rings (SSSR count). The van der Waals surface area contributed by atoms with Crippen molar-refractivity contribution < 1.29 is 9.53 Å². The molecule has 3 heteroatoms. The van der Waals surface area contributed by atoms with Crippen LogP contribution in [-0.2, 0) is 9.53 Å². The second-order valence-corrected chi connectivity index (χ2v) is 4.46. The molecule has 0 N–H and O–H groups in total. The number of carbonyl (C=O) groups is 1. The van der Waals surface area contributed by atoms with E-state index in [4.69, 9.17) is 4.74 Å². The summed E-state index contributed by atoms with van der Waals surface area (Å²) in [5.74, 6) is -0.205. The highest BCUT2D eigenvalue weighted by Crippen LogP contribution is 2.35. The van der Waals surface area contributed by atoms with Crippen LogP contribution in [0.3, 0.4) is 0 Å². The first-order valence-electron chi connectivity index (χ1n) is 6.22. The summed E-state index contributed by atoms with van der Waals surface area (Å²) in [6.07, 6.45) is 6.21. The van der Waals surface area contributed by atoms with Crippen LogP contribution in [0.15, 0.2) is 29.8 Å². The lowest BCUT2D eigenvalue weighted by atomic mass is 9.96. The highest BCUT2D eigenvalue weighted by atomic mass is 16.5. The molecule has 2 aliphatic heterocycles. The number of para-hydroxylation sites is 1. The van der Waals surface area contributed by atoms with Crippen LogP contribution in [0.5, 0.6) is 0 Å². The first-order valence-corrected chi connectivity index (χ1v) is 6.22. The molecule has 2 heterocycles. The van der Waals surface area contributed by atoms with E-state index in [2.05, 4.69) is 23.1 Å². The van der Waals surface area contributed by atoms with Crippen molar-refractivity contribution in [3.05, 3.63) is 41.0 Å². The minimum Gasteiger partial charge on any atom is -0.463 e. The van der Waals surface area contributed by atoms with E-state index in [1.165, 1.54) is 11.3 Å². The van der Waals surface area contributed by atoms with Crippen LogP contribution in [0.4, 0.5) is 5.69 Å². The molecule has 0 aromatic heterocycles. The van der Waals surface area contributed by atoms with Gasteiger partial charge in [-0.3, -0.25) is 0 Å². The number of hydrogen-bond donors (Lipinski definition) is 0. The van der Waals surface area contributed by atoms with Crippen molar-refractivity contribution >= 4 is 23.8 Å². The van der Waals surface area contributed by atoms with E-state index in [9.17, 15) is 4.79 Å². The Balaban J connectivity index is 2.04. The second-order valence-electron chi connectivity index (χ2n) is 4.46. The van der Waals surface area contributed by atoms with Crippen molar-refractivity contribution in [2.75, 3.05) is 24.6 Å². The topological polar surface area (TPSA) is 29.5 Å². The summed E-state index contributed by atoms with van der Waals surface area (Å²) >= 11 is 0. The summed E-state index contributed by atoms with van der Waals surface area (Å²) in [7, 11) is 0. The molecule has 92 valence electrons. The molecule has 0 bridgehead atoms. The standard InChI is InChI=1S/C15H15NO2/c1-2-18-15(17)13-9-12-6-3-5-11-7-4-8-16(10-13)14(11)12/h3-7,9H,2,8,10H2,1H3. The van der Waals surface area contributed by atoms with Crippen LogP contribution in [0.25, 0.3) is 12.2 Å². The Morgan fingerprint density at radius 3 is 3.06 bits per heavy atom. The van der Waals surface area contributed by atoms with Gasteiger partial charge in [0.2, 0.25) is 0 Å². The molecule has 0 radical (unpaired) electrons. The molecule has 1 aromatic carbocycles. The van der Waals surface area contributed by atoms with Gasteiger partial charge in [0.1, 0.15) is 0 Å². The van der Waals surface area contributed by atoms with Crippen LogP contribution in [0.1, 0.15) is 18.1 Å². The molecule has 18 heavy (non-hydrogen) atoms. The van der Waals surface area contributed by atoms with E-state index in [1.54, 1.807) is 0 Å². The minimum absolute atomic E-state index is 0.205. The first kappa shape index (κ1) is 11.1. The number of rotatable bonds is 2. The molecule has 2 aliphatic rings. The summed E-state index contributed by atoms with van der Waals surface area (Å²) in [5.41, 5.74) is 4.29.